The van der Waals surface area contributed by atoms with Crippen LogP contribution in [0.4, 0.5) is 17.1 Å². The van der Waals surface area contributed by atoms with Gasteiger partial charge in [-0.15, -0.1) is 0 Å². The standard InChI is InChI=1S/C14H10N4Se/c15-8-10-4-1-2-5-11(10)9-16-12-6-3-7-13-14(12)18-19-17-13/h1-7,16H,9H2. The van der Waals surface area contributed by atoms with Crippen molar-refractivity contribution in [3.8, 4) is 6.07 Å². The fourth-order valence-electron chi connectivity index (χ4n) is 1.92. The Hall–Kier alpha value is -2.15. The third kappa shape index (κ3) is 2.37. The van der Waals surface area contributed by atoms with Crippen LogP contribution in [0.5, 0.6) is 0 Å². The summed E-state index contributed by atoms with van der Waals surface area (Å²) in [5, 5.41) is 12.4. The van der Waals surface area contributed by atoms with Gasteiger partial charge in [0.2, 0.25) is 0 Å². The summed E-state index contributed by atoms with van der Waals surface area (Å²) in [4.78, 5) is 0. The molecule has 0 aliphatic carbocycles. The molecule has 3 rings (SSSR count). The number of nitriles is 1. The Bertz CT molecular complexity index is 739. The topological polar surface area (TPSA) is 60.5 Å². The molecule has 92 valence electrons. The van der Waals surface area contributed by atoms with Crippen LogP contribution in [0.3, 0.4) is 0 Å². The van der Waals surface area contributed by atoms with Crippen molar-refractivity contribution in [1.29, 1.82) is 5.26 Å². The zero-order valence-corrected chi connectivity index (χ0v) is 11.7. The van der Waals surface area contributed by atoms with E-state index in [-0.39, 0.29) is 14.6 Å². The molecule has 0 unspecified atom stereocenters. The Balaban J connectivity index is 1.83. The van der Waals surface area contributed by atoms with Gasteiger partial charge in [0.15, 0.2) is 0 Å². The van der Waals surface area contributed by atoms with Crippen molar-refractivity contribution in [2.75, 3.05) is 5.32 Å². The third-order valence-electron chi connectivity index (χ3n) is 2.89. The van der Waals surface area contributed by atoms with E-state index in [4.69, 9.17) is 5.26 Å². The molecule has 1 heterocycles. The van der Waals surface area contributed by atoms with Gasteiger partial charge in [0.25, 0.3) is 0 Å². The minimum absolute atomic E-state index is 0.0231. The number of nitrogens with zero attached hydrogens (tertiary/aromatic N) is 3. The van der Waals surface area contributed by atoms with Gasteiger partial charge in [0, 0.05) is 0 Å². The van der Waals surface area contributed by atoms with E-state index in [2.05, 4.69) is 19.3 Å². The first-order valence-corrected chi connectivity index (χ1v) is 7.35. The van der Waals surface area contributed by atoms with Crippen molar-refractivity contribution >= 4 is 31.6 Å². The van der Waals surface area contributed by atoms with E-state index >= 15 is 0 Å². The number of fused-ring (bicyclic) bond motifs is 1. The van der Waals surface area contributed by atoms with Crippen LogP contribution in [0.1, 0.15) is 11.1 Å². The third-order valence-corrected chi connectivity index (χ3v) is 4.03. The normalized spacial score (nSPS) is 11.5. The molecule has 1 aliphatic heterocycles. The Kier molecular flexibility index (Phi) is 3.28. The van der Waals surface area contributed by atoms with Crippen LogP contribution >= 0.6 is 0 Å². The summed E-state index contributed by atoms with van der Waals surface area (Å²) >= 11 is -0.0231. The average molecular weight is 313 g/mol. The number of rotatable bonds is 3. The van der Waals surface area contributed by atoms with Crippen molar-refractivity contribution in [2.45, 2.75) is 6.54 Å². The predicted molar refractivity (Wildman–Crippen MR) is 74.9 cm³/mol. The molecule has 5 heteroatoms. The number of benzene rings is 2. The summed E-state index contributed by atoms with van der Waals surface area (Å²) in [5.41, 5.74) is 4.57. The van der Waals surface area contributed by atoms with Crippen molar-refractivity contribution in [3.05, 3.63) is 53.6 Å². The maximum atomic E-state index is 9.06. The Morgan fingerprint density at radius 3 is 2.89 bits per heavy atom. The van der Waals surface area contributed by atoms with E-state index in [1.807, 2.05) is 42.5 Å². The average Bonchev–Trinajstić information content (AvgIpc) is 2.94. The summed E-state index contributed by atoms with van der Waals surface area (Å²) in [7, 11) is 0. The number of nitrogens with one attached hydrogen (secondary N) is 1. The summed E-state index contributed by atoms with van der Waals surface area (Å²) in [6.45, 7) is 0.614. The molecular formula is C14H10N4Se. The molecule has 2 aromatic rings. The number of hydrogen-bond donors (Lipinski definition) is 1. The van der Waals surface area contributed by atoms with E-state index in [0.29, 0.717) is 12.1 Å². The molecule has 1 aliphatic rings. The van der Waals surface area contributed by atoms with Crippen molar-refractivity contribution < 1.29 is 0 Å². The van der Waals surface area contributed by atoms with Gasteiger partial charge in [-0.2, -0.15) is 0 Å². The van der Waals surface area contributed by atoms with E-state index in [0.717, 1.165) is 22.6 Å². The molecule has 0 atom stereocenters. The van der Waals surface area contributed by atoms with Gasteiger partial charge < -0.3 is 0 Å². The van der Waals surface area contributed by atoms with Crippen molar-refractivity contribution in [1.82, 2.24) is 0 Å². The van der Waals surface area contributed by atoms with Crippen LogP contribution in [-0.2, 0) is 6.54 Å². The van der Waals surface area contributed by atoms with E-state index < -0.39 is 0 Å². The predicted octanol–water partition coefficient (Wildman–Crippen LogP) is 3.52. The van der Waals surface area contributed by atoms with Gasteiger partial charge in [-0.3, -0.25) is 0 Å². The van der Waals surface area contributed by atoms with Gasteiger partial charge in [0.1, 0.15) is 0 Å². The van der Waals surface area contributed by atoms with Gasteiger partial charge >= 0.3 is 116 Å². The molecule has 0 amide bonds. The SMILES string of the molecule is N#Cc1ccccc1CNc1cccc2c1N=[Se]=N2. The summed E-state index contributed by atoms with van der Waals surface area (Å²) in [6.07, 6.45) is 0. The molecule has 4 nitrogen and oxygen atoms in total. The van der Waals surface area contributed by atoms with Crippen LogP contribution in [-0.4, -0.2) is 14.6 Å². The van der Waals surface area contributed by atoms with Crippen molar-refractivity contribution in [2.24, 2.45) is 7.92 Å². The molecule has 0 bridgehead atoms. The second-order valence-corrected chi connectivity index (χ2v) is 5.17. The Morgan fingerprint density at radius 1 is 1.11 bits per heavy atom. The van der Waals surface area contributed by atoms with E-state index in [9.17, 15) is 0 Å². The van der Waals surface area contributed by atoms with Crippen LogP contribution in [0.25, 0.3) is 0 Å². The van der Waals surface area contributed by atoms with Gasteiger partial charge in [-0.25, -0.2) is 0 Å². The second kappa shape index (κ2) is 5.23. The van der Waals surface area contributed by atoms with Gasteiger partial charge in [-0.1, -0.05) is 0 Å². The Labute approximate surface area is 116 Å². The second-order valence-electron chi connectivity index (χ2n) is 4.06. The van der Waals surface area contributed by atoms with Crippen LogP contribution in [0.15, 0.2) is 50.4 Å². The number of anilines is 1. The molecule has 2 aromatic carbocycles. The fraction of sp³-hybridized carbons (Fsp3) is 0.0714. The molecule has 0 radical (unpaired) electrons. The summed E-state index contributed by atoms with van der Waals surface area (Å²) in [6, 6.07) is 15.7. The van der Waals surface area contributed by atoms with E-state index in [1.165, 1.54) is 0 Å². The fourth-order valence-corrected chi connectivity index (χ4v) is 3.08. The molecule has 0 fully saturated rings. The first kappa shape index (κ1) is 11.9. The van der Waals surface area contributed by atoms with Crippen LogP contribution < -0.4 is 5.32 Å². The monoisotopic (exact) mass is 314 g/mol. The zero-order valence-electron chi connectivity index (χ0n) is 10.00. The molecular weight excluding hydrogens is 303 g/mol. The molecule has 0 spiro atoms. The first-order valence-electron chi connectivity index (χ1n) is 5.81. The van der Waals surface area contributed by atoms with Crippen LogP contribution in [0.2, 0.25) is 0 Å². The first-order chi connectivity index (χ1) is 9.38. The van der Waals surface area contributed by atoms with Gasteiger partial charge in [-0.05, 0) is 0 Å². The zero-order chi connectivity index (χ0) is 13.1. The molecule has 19 heavy (non-hydrogen) atoms. The Morgan fingerprint density at radius 2 is 2.00 bits per heavy atom. The molecule has 1 N–H and O–H groups in total. The molecule has 0 saturated heterocycles. The summed E-state index contributed by atoms with van der Waals surface area (Å²) < 4.78 is 8.77. The van der Waals surface area contributed by atoms with Crippen LogP contribution in [0, 0.1) is 11.3 Å². The number of hydrogen-bond acceptors (Lipinski definition) is 4. The summed E-state index contributed by atoms with van der Waals surface area (Å²) in [5.74, 6) is 0. The molecule has 0 saturated carbocycles. The molecule has 0 aromatic heterocycles. The quantitative estimate of drug-likeness (QED) is 0.752. The van der Waals surface area contributed by atoms with E-state index in [1.54, 1.807) is 0 Å². The maximum absolute atomic E-state index is 9.06. The minimum atomic E-state index is -0.0231. The van der Waals surface area contributed by atoms with Crippen molar-refractivity contribution in [3.63, 3.8) is 0 Å². The van der Waals surface area contributed by atoms with Gasteiger partial charge in [0.05, 0.1) is 0 Å².